The van der Waals surface area contributed by atoms with Gasteiger partial charge in [-0.15, -0.1) is 0 Å². The molecule has 0 spiro atoms. The highest BCUT2D eigenvalue weighted by Gasteiger charge is 2.14. The first-order chi connectivity index (χ1) is 16.4. The van der Waals surface area contributed by atoms with Crippen LogP contribution in [0.1, 0.15) is 16.8 Å². The van der Waals surface area contributed by atoms with Crippen molar-refractivity contribution in [2.24, 2.45) is 0 Å². The first-order valence-corrected chi connectivity index (χ1v) is 10.6. The van der Waals surface area contributed by atoms with Crippen molar-refractivity contribution in [1.29, 1.82) is 0 Å². The molecule has 9 heteroatoms. The van der Waals surface area contributed by atoms with Crippen LogP contribution in [0, 0.1) is 13.8 Å². The quantitative estimate of drug-likeness (QED) is 0.463. The van der Waals surface area contributed by atoms with Crippen LogP contribution in [0.2, 0.25) is 0 Å². The van der Waals surface area contributed by atoms with Crippen LogP contribution in [-0.2, 0) is 6.61 Å². The van der Waals surface area contributed by atoms with Crippen LogP contribution in [0.4, 0.5) is 16.2 Å². The van der Waals surface area contributed by atoms with Crippen LogP contribution in [0.25, 0.3) is 5.65 Å². The number of nitrogens with zero attached hydrogens (tertiary/aromatic N) is 2. The van der Waals surface area contributed by atoms with E-state index in [4.69, 9.17) is 14.2 Å². The number of nitrogens with one attached hydrogen (secondary N) is 2. The van der Waals surface area contributed by atoms with Gasteiger partial charge in [-0.25, -0.2) is 9.78 Å². The molecule has 34 heavy (non-hydrogen) atoms. The molecule has 2 aromatic heterocycles. The van der Waals surface area contributed by atoms with Crippen LogP contribution < -0.4 is 30.4 Å². The molecule has 2 aromatic carbocycles. The Labute approximate surface area is 194 Å². The van der Waals surface area contributed by atoms with Gasteiger partial charge in [0.25, 0.3) is 5.56 Å². The van der Waals surface area contributed by atoms with Crippen molar-refractivity contribution in [3.63, 3.8) is 0 Å². The van der Waals surface area contributed by atoms with E-state index in [1.165, 1.54) is 10.5 Å². The molecule has 172 valence electrons. The highest BCUT2D eigenvalue weighted by atomic mass is 16.7. The molecule has 0 bridgehead atoms. The summed E-state index contributed by atoms with van der Waals surface area (Å²) in [6.07, 6.45) is 1.71. The van der Waals surface area contributed by atoms with E-state index in [-0.39, 0.29) is 19.0 Å². The number of fused-ring (bicyclic) bond motifs is 2. The summed E-state index contributed by atoms with van der Waals surface area (Å²) in [5.41, 5.74) is 3.95. The zero-order valence-corrected chi connectivity index (χ0v) is 18.6. The number of carbonyl (C=O) groups excluding carboxylic acids is 1. The molecule has 0 saturated carbocycles. The third kappa shape index (κ3) is 4.49. The van der Waals surface area contributed by atoms with Crippen LogP contribution in [0.5, 0.6) is 17.2 Å². The van der Waals surface area contributed by atoms with Gasteiger partial charge in [0.15, 0.2) is 11.5 Å². The minimum Gasteiger partial charge on any atom is -0.487 e. The van der Waals surface area contributed by atoms with E-state index < -0.39 is 6.03 Å². The van der Waals surface area contributed by atoms with Crippen LogP contribution in [0.3, 0.4) is 0 Å². The molecular weight excluding hydrogens is 436 g/mol. The maximum Gasteiger partial charge on any atom is 0.323 e. The Morgan fingerprint density at radius 1 is 1.00 bits per heavy atom. The molecular formula is C25H22N4O5. The lowest BCUT2D eigenvalue weighted by atomic mass is 10.2. The number of carbonyl (C=O) groups is 1. The lowest BCUT2D eigenvalue weighted by Gasteiger charge is -2.13. The zero-order chi connectivity index (χ0) is 23.7. The van der Waals surface area contributed by atoms with E-state index in [1.807, 2.05) is 32.0 Å². The highest BCUT2D eigenvalue weighted by molar-refractivity contribution is 6.00. The fourth-order valence-corrected chi connectivity index (χ4v) is 3.58. The number of urea groups is 1. The summed E-state index contributed by atoms with van der Waals surface area (Å²) >= 11 is 0. The van der Waals surface area contributed by atoms with E-state index in [0.29, 0.717) is 40.0 Å². The fourth-order valence-electron chi connectivity index (χ4n) is 3.58. The molecule has 0 aliphatic carbocycles. The average molecular weight is 458 g/mol. The third-order valence-electron chi connectivity index (χ3n) is 5.33. The van der Waals surface area contributed by atoms with Gasteiger partial charge in [-0.1, -0.05) is 6.07 Å². The largest absolute Gasteiger partial charge is 0.487 e. The first-order valence-electron chi connectivity index (χ1n) is 10.6. The number of benzene rings is 2. The molecule has 0 radical (unpaired) electrons. The molecule has 2 amide bonds. The van der Waals surface area contributed by atoms with Gasteiger partial charge in [-0.05, 0) is 55.3 Å². The fraction of sp³-hybridized carbons (Fsp3) is 0.160. The predicted molar refractivity (Wildman–Crippen MR) is 127 cm³/mol. The molecule has 0 unspecified atom stereocenters. The van der Waals surface area contributed by atoms with Crippen molar-refractivity contribution in [1.82, 2.24) is 9.38 Å². The summed E-state index contributed by atoms with van der Waals surface area (Å²) in [6.45, 7) is 4.13. The Balaban J connectivity index is 1.27. The molecule has 1 aliphatic rings. The summed E-state index contributed by atoms with van der Waals surface area (Å²) in [5.74, 6) is 1.80. The molecule has 4 aromatic rings. The molecule has 0 fully saturated rings. The van der Waals surface area contributed by atoms with Crippen molar-refractivity contribution in [2.75, 3.05) is 17.4 Å². The van der Waals surface area contributed by atoms with Crippen molar-refractivity contribution in [3.8, 4) is 17.2 Å². The Hall–Kier alpha value is -4.53. The van der Waals surface area contributed by atoms with Crippen molar-refractivity contribution in [2.45, 2.75) is 20.5 Å². The molecule has 5 rings (SSSR count). The van der Waals surface area contributed by atoms with Gasteiger partial charge in [-0.3, -0.25) is 9.20 Å². The molecule has 0 atom stereocenters. The lowest BCUT2D eigenvalue weighted by Crippen LogP contribution is -2.19. The van der Waals surface area contributed by atoms with Crippen molar-refractivity contribution in [3.05, 3.63) is 88.0 Å². The summed E-state index contributed by atoms with van der Waals surface area (Å²) in [5, 5.41) is 5.56. The number of hydrogen-bond acceptors (Lipinski definition) is 6. The Bertz CT molecular complexity index is 1460. The maximum absolute atomic E-state index is 12.5. The standard InChI is InChI=1S/C25H22N4O5/c1-15-7-8-29-23(9-15)26-19(12-24(29)30)13-32-21-10-17(4-3-16(21)2)27-25(31)28-18-5-6-20-22(11-18)34-14-33-20/h3-12H,13-14H2,1-2H3,(H2,27,28,31). The maximum atomic E-state index is 12.5. The predicted octanol–water partition coefficient (Wildman–Crippen LogP) is 4.26. The molecule has 9 nitrogen and oxygen atoms in total. The van der Waals surface area contributed by atoms with E-state index in [9.17, 15) is 9.59 Å². The Morgan fingerprint density at radius 2 is 1.76 bits per heavy atom. The number of pyridine rings is 1. The number of rotatable bonds is 5. The van der Waals surface area contributed by atoms with Crippen LogP contribution in [0.15, 0.2) is 65.6 Å². The van der Waals surface area contributed by atoms with Gasteiger partial charge < -0.3 is 24.8 Å². The summed E-state index contributed by atoms with van der Waals surface area (Å²) in [7, 11) is 0. The summed E-state index contributed by atoms with van der Waals surface area (Å²) in [6, 6.07) is 15.3. The topological polar surface area (TPSA) is 103 Å². The van der Waals surface area contributed by atoms with E-state index in [0.717, 1.165) is 11.1 Å². The number of anilines is 2. The van der Waals surface area contributed by atoms with Gasteiger partial charge >= 0.3 is 6.03 Å². The second-order valence-electron chi connectivity index (χ2n) is 7.93. The van der Waals surface area contributed by atoms with Crippen LogP contribution >= 0.6 is 0 Å². The minimum atomic E-state index is -0.409. The highest BCUT2D eigenvalue weighted by Crippen LogP contribution is 2.34. The van der Waals surface area contributed by atoms with Gasteiger partial charge in [-0.2, -0.15) is 0 Å². The molecule has 3 heterocycles. The summed E-state index contributed by atoms with van der Waals surface area (Å²) < 4.78 is 18.0. The number of aromatic nitrogens is 2. The SMILES string of the molecule is Cc1ccn2c(=O)cc(COc3cc(NC(=O)Nc4ccc5c(c4)OCO5)ccc3C)nc2c1. The third-order valence-corrected chi connectivity index (χ3v) is 5.33. The van der Waals surface area contributed by atoms with Crippen molar-refractivity contribution >= 4 is 23.1 Å². The summed E-state index contributed by atoms with van der Waals surface area (Å²) in [4.78, 5) is 29.4. The minimum absolute atomic E-state index is 0.118. The first kappa shape index (κ1) is 21.3. The van der Waals surface area contributed by atoms with E-state index in [2.05, 4.69) is 15.6 Å². The van der Waals surface area contributed by atoms with Crippen molar-refractivity contribution < 1.29 is 19.0 Å². The molecule has 0 saturated heterocycles. The van der Waals surface area contributed by atoms with Crippen LogP contribution in [-0.4, -0.2) is 22.2 Å². The van der Waals surface area contributed by atoms with Gasteiger partial charge in [0.2, 0.25) is 6.79 Å². The Kier molecular flexibility index (Phi) is 5.51. The average Bonchev–Trinajstić information content (AvgIpc) is 3.27. The van der Waals surface area contributed by atoms with E-state index >= 15 is 0 Å². The van der Waals surface area contributed by atoms with Gasteiger partial charge in [0.1, 0.15) is 18.0 Å². The normalized spacial score (nSPS) is 11.9. The monoisotopic (exact) mass is 458 g/mol. The molecule has 2 N–H and O–H groups in total. The Morgan fingerprint density at radius 3 is 2.62 bits per heavy atom. The second kappa shape index (κ2) is 8.78. The number of hydrogen-bond donors (Lipinski definition) is 2. The number of ether oxygens (including phenoxy) is 3. The van der Waals surface area contributed by atoms with Gasteiger partial charge in [0, 0.05) is 35.8 Å². The van der Waals surface area contributed by atoms with E-state index in [1.54, 1.807) is 36.5 Å². The smallest absolute Gasteiger partial charge is 0.323 e. The molecule has 1 aliphatic heterocycles. The number of aryl methyl sites for hydroxylation is 2. The zero-order valence-electron chi connectivity index (χ0n) is 18.6. The van der Waals surface area contributed by atoms with Gasteiger partial charge in [0.05, 0.1) is 5.69 Å². The lowest BCUT2D eigenvalue weighted by molar-refractivity contribution is 0.174. The second-order valence-corrected chi connectivity index (χ2v) is 7.93. The number of amides is 2.